The summed E-state index contributed by atoms with van der Waals surface area (Å²) in [5.41, 5.74) is 0.531. The highest BCUT2D eigenvalue weighted by Crippen LogP contribution is 2.18. The van der Waals surface area contributed by atoms with Crippen LogP contribution in [0.15, 0.2) is 46.6 Å². The molecule has 0 aliphatic rings. The Balaban J connectivity index is 1.54. The Bertz CT molecular complexity index is 924. The zero-order valence-corrected chi connectivity index (χ0v) is 14.0. The topological polar surface area (TPSA) is 87.7 Å². The first kappa shape index (κ1) is 17.0. The molecular formula is C17H15FN4O2S. The number of hydrogen-bond acceptors (Lipinski definition) is 5. The van der Waals surface area contributed by atoms with Crippen molar-refractivity contribution < 1.29 is 9.18 Å². The summed E-state index contributed by atoms with van der Waals surface area (Å²) in [4.78, 5) is 27.4. The fourth-order valence-corrected chi connectivity index (χ4v) is 2.88. The Labute approximate surface area is 146 Å². The van der Waals surface area contributed by atoms with Gasteiger partial charge in [0.25, 0.3) is 5.56 Å². The van der Waals surface area contributed by atoms with Crippen molar-refractivity contribution in [1.82, 2.24) is 20.5 Å². The van der Waals surface area contributed by atoms with Gasteiger partial charge in [0.2, 0.25) is 5.91 Å². The maximum Gasteiger partial charge on any atom is 0.273 e. The monoisotopic (exact) mass is 358 g/mol. The van der Waals surface area contributed by atoms with Gasteiger partial charge >= 0.3 is 0 Å². The molecule has 1 aromatic carbocycles. The van der Waals surface area contributed by atoms with Crippen molar-refractivity contribution in [2.45, 2.75) is 19.4 Å². The van der Waals surface area contributed by atoms with E-state index in [2.05, 4.69) is 20.5 Å². The fourth-order valence-electron chi connectivity index (χ4n) is 2.22. The number of thiophene rings is 1. The molecule has 0 unspecified atom stereocenters. The zero-order chi connectivity index (χ0) is 17.6. The number of aryl methyl sites for hydroxylation is 1. The van der Waals surface area contributed by atoms with Crippen LogP contribution in [-0.2, 0) is 17.8 Å². The van der Waals surface area contributed by atoms with Gasteiger partial charge < -0.3 is 10.3 Å². The maximum atomic E-state index is 13.1. The molecule has 25 heavy (non-hydrogen) atoms. The minimum atomic E-state index is -0.351. The van der Waals surface area contributed by atoms with Gasteiger partial charge in [0.05, 0.1) is 4.88 Å². The van der Waals surface area contributed by atoms with E-state index in [4.69, 9.17) is 0 Å². The van der Waals surface area contributed by atoms with Gasteiger partial charge in [0, 0.05) is 19.4 Å². The highest BCUT2D eigenvalue weighted by atomic mass is 32.1. The quantitative estimate of drug-likeness (QED) is 0.708. The second-order valence-corrected chi connectivity index (χ2v) is 6.28. The normalized spacial score (nSPS) is 10.6. The number of rotatable bonds is 6. The molecule has 0 radical (unpaired) electrons. The number of halogens is 1. The second-order valence-electron chi connectivity index (χ2n) is 5.33. The van der Waals surface area contributed by atoms with E-state index in [1.807, 2.05) is 17.5 Å². The lowest BCUT2D eigenvalue weighted by Crippen LogP contribution is -2.25. The largest absolute Gasteiger partial charge is 0.352 e. The number of nitrogens with zero attached hydrogens (tertiary/aromatic N) is 2. The van der Waals surface area contributed by atoms with Gasteiger partial charge in [-0.2, -0.15) is 0 Å². The predicted molar refractivity (Wildman–Crippen MR) is 92.5 cm³/mol. The van der Waals surface area contributed by atoms with Crippen LogP contribution in [0.1, 0.15) is 17.7 Å². The van der Waals surface area contributed by atoms with Crippen molar-refractivity contribution >= 4 is 17.2 Å². The van der Waals surface area contributed by atoms with Crippen LogP contribution in [0.2, 0.25) is 0 Å². The molecule has 3 rings (SSSR count). The van der Waals surface area contributed by atoms with Crippen LogP contribution >= 0.6 is 11.3 Å². The average molecular weight is 358 g/mol. The van der Waals surface area contributed by atoms with Crippen LogP contribution in [-0.4, -0.2) is 21.1 Å². The maximum absolute atomic E-state index is 13.1. The number of H-pyrrole nitrogens is 1. The third-order valence-electron chi connectivity index (χ3n) is 3.49. The van der Waals surface area contributed by atoms with Crippen molar-refractivity contribution in [2.24, 2.45) is 0 Å². The highest BCUT2D eigenvalue weighted by molar-refractivity contribution is 7.13. The van der Waals surface area contributed by atoms with Crippen LogP contribution < -0.4 is 10.9 Å². The summed E-state index contributed by atoms with van der Waals surface area (Å²) in [6.07, 6.45) is 0.285. The van der Waals surface area contributed by atoms with E-state index >= 15 is 0 Å². The Morgan fingerprint density at radius 1 is 1.24 bits per heavy atom. The number of hydrogen-bond donors (Lipinski definition) is 2. The standard InChI is InChI=1S/C17H15FN4O2S/c18-12-4-1-3-11(9-12)10-19-15(23)7-6-13-17(24)20-16(22-21-13)14-5-2-8-25-14/h1-5,8-9H,6-7,10H2,(H,19,23)(H,20,22,24). The third kappa shape index (κ3) is 4.57. The number of nitrogens with one attached hydrogen (secondary N) is 2. The molecule has 8 heteroatoms. The second kappa shape index (κ2) is 7.80. The van der Waals surface area contributed by atoms with Gasteiger partial charge in [-0.25, -0.2) is 4.39 Å². The minimum absolute atomic E-state index is 0.103. The summed E-state index contributed by atoms with van der Waals surface area (Å²) >= 11 is 1.45. The number of benzene rings is 1. The van der Waals surface area contributed by atoms with Crippen molar-refractivity contribution in [3.05, 3.63) is 69.2 Å². The molecule has 0 bridgehead atoms. The van der Waals surface area contributed by atoms with Crippen LogP contribution in [0.4, 0.5) is 4.39 Å². The molecule has 0 saturated carbocycles. The molecule has 2 aromatic heterocycles. The molecule has 0 spiro atoms. The highest BCUT2D eigenvalue weighted by Gasteiger charge is 2.10. The zero-order valence-electron chi connectivity index (χ0n) is 13.2. The Morgan fingerprint density at radius 3 is 2.84 bits per heavy atom. The molecule has 0 atom stereocenters. The fraction of sp³-hybridized carbons (Fsp3) is 0.176. The number of carbonyl (C=O) groups is 1. The van der Waals surface area contributed by atoms with E-state index in [1.165, 1.54) is 23.5 Å². The Hall–Kier alpha value is -2.87. The number of aromatic nitrogens is 3. The summed E-state index contributed by atoms with van der Waals surface area (Å²) in [6.45, 7) is 0.232. The SMILES string of the molecule is O=C(CCc1nnc(-c2cccs2)[nH]c1=O)NCc1cccc(F)c1. The summed E-state index contributed by atoms with van der Waals surface area (Å²) in [7, 11) is 0. The first-order valence-corrected chi connectivity index (χ1v) is 8.50. The van der Waals surface area contributed by atoms with Crippen molar-refractivity contribution in [3.63, 3.8) is 0 Å². The smallest absolute Gasteiger partial charge is 0.273 e. The molecule has 0 saturated heterocycles. The van der Waals surface area contributed by atoms with Crippen molar-refractivity contribution in [1.29, 1.82) is 0 Å². The number of amides is 1. The minimum Gasteiger partial charge on any atom is -0.352 e. The molecule has 1 amide bonds. The molecular weight excluding hydrogens is 343 g/mol. The van der Waals surface area contributed by atoms with E-state index in [1.54, 1.807) is 12.1 Å². The van der Waals surface area contributed by atoms with Crippen LogP contribution in [0.3, 0.4) is 0 Å². The van der Waals surface area contributed by atoms with Gasteiger partial charge in [-0.15, -0.1) is 21.5 Å². The summed E-state index contributed by atoms with van der Waals surface area (Å²) in [5.74, 6) is -0.175. The van der Waals surface area contributed by atoms with Gasteiger partial charge in [0.15, 0.2) is 5.82 Å². The van der Waals surface area contributed by atoms with Gasteiger partial charge in [-0.05, 0) is 29.1 Å². The predicted octanol–water partition coefficient (Wildman–Crippen LogP) is 2.28. The number of carbonyl (C=O) groups excluding carboxylic acids is 1. The molecule has 6 nitrogen and oxygen atoms in total. The molecule has 3 aromatic rings. The van der Waals surface area contributed by atoms with Crippen LogP contribution in [0.5, 0.6) is 0 Å². The van der Waals surface area contributed by atoms with Gasteiger partial charge in [-0.1, -0.05) is 18.2 Å². The summed E-state index contributed by atoms with van der Waals surface area (Å²) in [6, 6.07) is 9.71. The van der Waals surface area contributed by atoms with Crippen LogP contribution in [0, 0.1) is 5.82 Å². The first-order chi connectivity index (χ1) is 12.1. The molecule has 2 N–H and O–H groups in total. The summed E-state index contributed by atoms with van der Waals surface area (Å²) in [5, 5.41) is 12.5. The number of aromatic amines is 1. The summed E-state index contributed by atoms with van der Waals surface area (Å²) < 4.78 is 13.1. The van der Waals surface area contributed by atoms with Gasteiger partial charge in [0.1, 0.15) is 11.5 Å². The Morgan fingerprint density at radius 2 is 2.12 bits per heavy atom. The molecule has 128 valence electrons. The third-order valence-corrected chi connectivity index (χ3v) is 4.36. The van der Waals surface area contributed by atoms with E-state index in [9.17, 15) is 14.0 Å². The molecule has 2 heterocycles. The van der Waals surface area contributed by atoms with Crippen LogP contribution in [0.25, 0.3) is 10.7 Å². The first-order valence-electron chi connectivity index (χ1n) is 7.63. The average Bonchev–Trinajstić information content (AvgIpc) is 3.13. The van der Waals surface area contributed by atoms with Gasteiger partial charge in [-0.3, -0.25) is 9.59 Å². The lowest BCUT2D eigenvalue weighted by Gasteiger charge is -2.05. The molecule has 0 fully saturated rings. The Kier molecular flexibility index (Phi) is 5.30. The molecule has 0 aliphatic heterocycles. The van der Waals surface area contributed by atoms with E-state index < -0.39 is 0 Å². The van der Waals surface area contributed by atoms with E-state index in [0.717, 1.165) is 4.88 Å². The lowest BCUT2D eigenvalue weighted by molar-refractivity contribution is -0.121. The molecule has 0 aliphatic carbocycles. The van der Waals surface area contributed by atoms with Crippen molar-refractivity contribution in [2.75, 3.05) is 0 Å². The lowest BCUT2D eigenvalue weighted by atomic mass is 10.2. The van der Waals surface area contributed by atoms with Crippen molar-refractivity contribution in [3.8, 4) is 10.7 Å². The van der Waals surface area contributed by atoms with E-state index in [0.29, 0.717) is 11.4 Å². The van der Waals surface area contributed by atoms with E-state index in [-0.39, 0.29) is 42.4 Å².